The molecule has 0 fully saturated rings. The van der Waals surface area contributed by atoms with Gasteiger partial charge in [0.15, 0.2) is 0 Å². The molecule has 0 spiro atoms. The normalized spacial score (nSPS) is 11.4. The highest BCUT2D eigenvalue weighted by Gasteiger charge is 2.15. The summed E-state index contributed by atoms with van der Waals surface area (Å²) in [7, 11) is 0. The van der Waals surface area contributed by atoms with Gasteiger partial charge in [-0.3, -0.25) is 9.78 Å². The van der Waals surface area contributed by atoms with Crippen molar-refractivity contribution in [3.63, 3.8) is 0 Å². The number of pyridine rings is 2. The van der Waals surface area contributed by atoms with Crippen LogP contribution in [0.3, 0.4) is 0 Å². The van der Waals surface area contributed by atoms with E-state index >= 15 is 0 Å². The first-order valence-electron chi connectivity index (χ1n) is 6.77. The lowest BCUT2D eigenvalue weighted by atomic mass is 10.2. The van der Waals surface area contributed by atoms with Gasteiger partial charge in [0.05, 0.1) is 5.39 Å². The van der Waals surface area contributed by atoms with Gasteiger partial charge < -0.3 is 14.6 Å². The number of hydrogen-bond donors (Lipinski definition) is 1. The monoisotopic (exact) mass is 289 g/mol. The van der Waals surface area contributed by atoms with Gasteiger partial charge in [-0.2, -0.15) is 0 Å². The second-order valence-corrected chi connectivity index (χ2v) is 5.71. The minimum atomic E-state index is -0.532. The van der Waals surface area contributed by atoms with E-state index in [0.717, 1.165) is 5.39 Å². The molecule has 2 aromatic rings. The maximum Gasteiger partial charge on any atom is 0.407 e. The van der Waals surface area contributed by atoms with Gasteiger partial charge in [0, 0.05) is 31.7 Å². The highest BCUT2D eigenvalue weighted by Crippen LogP contribution is 2.07. The zero-order valence-electron chi connectivity index (χ0n) is 12.4. The number of nitrogens with zero attached hydrogens (tertiary/aromatic N) is 2. The van der Waals surface area contributed by atoms with Gasteiger partial charge in [-0.25, -0.2) is 4.79 Å². The molecule has 0 aliphatic carbocycles. The minimum absolute atomic E-state index is 0.119. The van der Waals surface area contributed by atoms with Crippen molar-refractivity contribution in [1.82, 2.24) is 14.9 Å². The van der Waals surface area contributed by atoms with Crippen molar-refractivity contribution in [2.24, 2.45) is 0 Å². The average Bonchev–Trinajstić information content (AvgIpc) is 2.40. The molecule has 0 atom stereocenters. The number of aromatic nitrogens is 2. The van der Waals surface area contributed by atoms with E-state index < -0.39 is 11.7 Å². The summed E-state index contributed by atoms with van der Waals surface area (Å²) >= 11 is 0. The topological polar surface area (TPSA) is 73.2 Å². The standard InChI is InChI=1S/C15H19N3O3/c1-15(2,3)21-14(20)17-7-9-18-8-5-11-4-6-16-10-12(11)13(18)19/h4-6,8,10H,7,9H2,1-3H3,(H,17,20). The summed E-state index contributed by atoms with van der Waals surface area (Å²) in [6.07, 6.45) is 4.42. The van der Waals surface area contributed by atoms with Gasteiger partial charge in [-0.15, -0.1) is 0 Å². The fourth-order valence-electron chi connectivity index (χ4n) is 1.89. The zero-order chi connectivity index (χ0) is 15.5. The van der Waals surface area contributed by atoms with Crippen LogP contribution < -0.4 is 10.9 Å². The van der Waals surface area contributed by atoms with Crippen LogP contribution in [0.5, 0.6) is 0 Å². The van der Waals surface area contributed by atoms with Crippen LogP contribution in [0, 0.1) is 0 Å². The summed E-state index contributed by atoms with van der Waals surface area (Å²) in [5, 5.41) is 4.05. The van der Waals surface area contributed by atoms with E-state index in [1.54, 1.807) is 50.0 Å². The first-order valence-corrected chi connectivity index (χ1v) is 6.77. The number of ether oxygens (including phenoxy) is 1. The van der Waals surface area contributed by atoms with Gasteiger partial charge in [-0.1, -0.05) is 0 Å². The summed E-state index contributed by atoms with van der Waals surface area (Å²) in [5.41, 5.74) is -0.651. The predicted octanol–water partition coefficient (Wildman–Crippen LogP) is 1.92. The summed E-state index contributed by atoms with van der Waals surface area (Å²) in [5.74, 6) is 0. The molecule has 0 unspecified atom stereocenters. The van der Waals surface area contributed by atoms with Crippen molar-refractivity contribution in [2.45, 2.75) is 32.9 Å². The summed E-state index contributed by atoms with van der Waals surface area (Å²) in [6.45, 7) is 6.09. The second kappa shape index (κ2) is 5.95. The Balaban J connectivity index is 2.00. The third-order valence-electron chi connectivity index (χ3n) is 2.80. The smallest absolute Gasteiger partial charge is 0.407 e. The van der Waals surface area contributed by atoms with Crippen LogP contribution >= 0.6 is 0 Å². The summed E-state index contributed by atoms with van der Waals surface area (Å²) in [4.78, 5) is 27.7. The third kappa shape index (κ3) is 4.05. The van der Waals surface area contributed by atoms with Gasteiger partial charge in [0.25, 0.3) is 5.56 Å². The van der Waals surface area contributed by atoms with E-state index in [4.69, 9.17) is 4.74 Å². The van der Waals surface area contributed by atoms with E-state index in [-0.39, 0.29) is 5.56 Å². The van der Waals surface area contributed by atoms with Gasteiger partial charge in [0.2, 0.25) is 0 Å². The molecule has 21 heavy (non-hydrogen) atoms. The molecule has 0 aromatic carbocycles. The van der Waals surface area contributed by atoms with Crippen molar-refractivity contribution in [3.05, 3.63) is 41.1 Å². The van der Waals surface area contributed by atoms with Crippen molar-refractivity contribution in [1.29, 1.82) is 0 Å². The second-order valence-electron chi connectivity index (χ2n) is 5.71. The van der Waals surface area contributed by atoms with Crippen molar-refractivity contribution < 1.29 is 9.53 Å². The largest absolute Gasteiger partial charge is 0.444 e. The Labute approximate surface area is 122 Å². The molecular weight excluding hydrogens is 270 g/mol. The van der Waals surface area contributed by atoms with Crippen molar-refractivity contribution in [3.8, 4) is 0 Å². The van der Waals surface area contributed by atoms with E-state index in [9.17, 15) is 9.59 Å². The number of fused-ring (bicyclic) bond motifs is 1. The molecule has 6 nitrogen and oxygen atoms in total. The predicted molar refractivity (Wildman–Crippen MR) is 80.2 cm³/mol. The highest BCUT2D eigenvalue weighted by atomic mass is 16.6. The molecule has 0 saturated carbocycles. The average molecular weight is 289 g/mol. The number of nitrogens with one attached hydrogen (secondary N) is 1. The van der Waals surface area contributed by atoms with Crippen LogP contribution in [-0.4, -0.2) is 27.8 Å². The number of carbonyl (C=O) groups excluding carboxylic acids is 1. The lowest BCUT2D eigenvalue weighted by molar-refractivity contribution is 0.0526. The number of alkyl carbamates (subject to hydrolysis) is 1. The molecule has 2 aromatic heterocycles. The lowest BCUT2D eigenvalue weighted by Crippen LogP contribution is -2.35. The molecule has 0 saturated heterocycles. The van der Waals surface area contributed by atoms with Crippen molar-refractivity contribution in [2.75, 3.05) is 6.54 Å². The molecule has 0 aliphatic rings. The molecular formula is C15H19N3O3. The fourth-order valence-corrected chi connectivity index (χ4v) is 1.89. The number of amides is 1. The first-order chi connectivity index (χ1) is 9.87. The maximum atomic E-state index is 12.2. The number of rotatable bonds is 3. The van der Waals surface area contributed by atoms with E-state index in [2.05, 4.69) is 10.3 Å². The molecule has 0 bridgehead atoms. The lowest BCUT2D eigenvalue weighted by Gasteiger charge is -2.19. The van der Waals surface area contributed by atoms with E-state index in [0.29, 0.717) is 18.5 Å². The van der Waals surface area contributed by atoms with Gasteiger partial charge >= 0.3 is 6.09 Å². The van der Waals surface area contributed by atoms with Crippen LogP contribution in [0.2, 0.25) is 0 Å². The molecule has 0 aliphatic heterocycles. The SMILES string of the molecule is CC(C)(C)OC(=O)NCCn1ccc2ccncc2c1=O. The fraction of sp³-hybridized carbons (Fsp3) is 0.400. The van der Waals surface area contributed by atoms with Crippen LogP contribution in [0.15, 0.2) is 35.5 Å². The first kappa shape index (κ1) is 15.0. The molecule has 1 N–H and O–H groups in total. The maximum absolute atomic E-state index is 12.2. The molecule has 2 heterocycles. The Kier molecular flexibility index (Phi) is 4.26. The van der Waals surface area contributed by atoms with Gasteiger partial charge in [0.1, 0.15) is 5.60 Å². The summed E-state index contributed by atoms with van der Waals surface area (Å²) < 4.78 is 6.67. The van der Waals surface area contributed by atoms with Crippen LogP contribution in [0.4, 0.5) is 4.79 Å². The molecule has 2 rings (SSSR count). The Morgan fingerprint density at radius 3 is 2.86 bits per heavy atom. The third-order valence-corrected chi connectivity index (χ3v) is 2.80. The Morgan fingerprint density at radius 2 is 2.14 bits per heavy atom. The summed E-state index contributed by atoms with van der Waals surface area (Å²) in [6, 6.07) is 3.64. The molecule has 112 valence electrons. The molecule has 0 radical (unpaired) electrons. The Morgan fingerprint density at radius 1 is 1.38 bits per heavy atom. The minimum Gasteiger partial charge on any atom is -0.444 e. The van der Waals surface area contributed by atoms with Crippen LogP contribution in [0.25, 0.3) is 10.8 Å². The quantitative estimate of drug-likeness (QED) is 0.937. The highest BCUT2D eigenvalue weighted by molar-refractivity contribution is 5.80. The Hall–Kier alpha value is -2.37. The van der Waals surface area contributed by atoms with E-state index in [1.807, 2.05) is 6.07 Å². The number of carbonyl (C=O) groups is 1. The Bertz CT molecular complexity index is 701. The van der Waals surface area contributed by atoms with Gasteiger partial charge in [-0.05, 0) is 38.3 Å². The molecule has 1 amide bonds. The van der Waals surface area contributed by atoms with E-state index in [1.165, 1.54) is 0 Å². The zero-order valence-corrected chi connectivity index (χ0v) is 12.4. The van der Waals surface area contributed by atoms with Crippen molar-refractivity contribution >= 4 is 16.9 Å². The molecule has 6 heteroatoms. The van der Waals surface area contributed by atoms with Crippen LogP contribution in [0.1, 0.15) is 20.8 Å². The van der Waals surface area contributed by atoms with Crippen LogP contribution in [-0.2, 0) is 11.3 Å². The number of hydrogen-bond acceptors (Lipinski definition) is 4.